The minimum atomic E-state index is -0.776. The number of rotatable bonds is 1. The highest BCUT2D eigenvalue weighted by molar-refractivity contribution is 5.90. The highest BCUT2D eigenvalue weighted by atomic mass is 16.8. The fraction of sp³-hybridized carbons (Fsp3) is 0.917. The van der Waals surface area contributed by atoms with Crippen LogP contribution in [0.25, 0.3) is 0 Å². The maximum Gasteiger partial charge on any atom is 0.198 e. The first-order valence-electron chi connectivity index (χ1n) is 6.14. The molecule has 18 heavy (non-hydrogen) atoms. The van der Waals surface area contributed by atoms with Crippen LogP contribution in [0.3, 0.4) is 0 Å². The quantitative estimate of drug-likeness (QED) is 0.685. The number of ether oxygens (including phenoxy) is 5. The normalized spacial score (nSPS) is 45.4. The molecule has 0 aromatic heterocycles. The summed E-state index contributed by atoms with van der Waals surface area (Å²) in [5.41, 5.74) is 0. The second-order valence-corrected chi connectivity index (χ2v) is 5.75. The van der Waals surface area contributed by atoms with Crippen molar-refractivity contribution in [2.75, 3.05) is 6.61 Å². The van der Waals surface area contributed by atoms with E-state index in [1.54, 1.807) is 13.8 Å². The number of hydrogen-bond donors (Lipinski definition) is 0. The van der Waals surface area contributed by atoms with Crippen LogP contribution in [0.2, 0.25) is 0 Å². The fourth-order valence-electron chi connectivity index (χ4n) is 2.53. The molecule has 0 aliphatic carbocycles. The minimum Gasteiger partial charge on any atom is -0.348 e. The molecule has 3 aliphatic heterocycles. The van der Waals surface area contributed by atoms with Gasteiger partial charge in [-0.25, -0.2) is 0 Å². The van der Waals surface area contributed by atoms with E-state index in [2.05, 4.69) is 0 Å². The zero-order valence-corrected chi connectivity index (χ0v) is 11.0. The molecule has 0 radical (unpaired) electrons. The van der Waals surface area contributed by atoms with Gasteiger partial charge in [-0.3, -0.25) is 4.79 Å². The molecule has 6 heteroatoms. The van der Waals surface area contributed by atoms with Gasteiger partial charge < -0.3 is 23.7 Å². The molecule has 4 atom stereocenters. The van der Waals surface area contributed by atoms with Gasteiger partial charge in [-0.1, -0.05) is 0 Å². The Hall–Kier alpha value is -0.530. The Morgan fingerprint density at radius 1 is 1.00 bits per heavy atom. The van der Waals surface area contributed by atoms with Crippen molar-refractivity contribution in [3.8, 4) is 0 Å². The van der Waals surface area contributed by atoms with E-state index in [0.717, 1.165) is 0 Å². The van der Waals surface area contributed by atoms with Crippen LogP contribution < -0.4 is 0 Å². The third-order valence-corrected chi connectivity index (χ3v) is 3.27. The monoisotopic (exact) mass is 258 g/mol. The maximum atomic E-state index is 12.2. The number of Topliss-reactive ketones (excluding diaryl/α,β-unsaturated/α-hetero) is 1. The molecule has 0 amide bonds. The lowest BCUT2D eigenvalue weighted by atomic mass is 10.1. The van der Waals surface area contributed by atoms with E-state index in [0.29, 0.717) is 6.61 Å². The van der Waals surface area contributed by atoms with Gasteiger partial charge in [0.2, 0.25) is 0 Å². The Morgan fingerprint density at radius 3 is 2.28 bits per heavy atom. The van der Waals surface area contributed by atoms with E-state index >= 15 is 0 Å². The SMILES string of the molecule is CC1(C)O[C@@H]2O[C@@H]([C@H]3COC(C)(C)O3)C(=O)[C@H]2O1. The van der Waals surface area contributed by atoms with Crippen molar-refractivity contribution in [2.45, 2.75) is 63.9 Å². The zero-order valence-electron chi connectivity index (χ0n) is 11.0. The fourth-order valence-corrected chi connectivity index (χ4v) is 2.53. The van der Waals surface area contributed by atoms with E-state index in [4.69, 9.17) is 23.7 Å². The van der Waals surface area contributed by atoms with Gasteiger partial charge in [0.05, 0.1) is 6.61 Å². The highest BCUT2D eigenvalue weighted by Crippen LogP contribution is 2.38. The van der Waals surface area contributed by atoms with Crippen LogP contribution in [0.5, 0.6) is 0 Å². The summed E-state index contributed by atoms with van der Waals surface area (Å²) < 4.78 is 27.7. The summed E-state index contributed by atoms with van der Waals surface area (Å²) in [5, 5.41) is 0. The molecule has 0 bridgehead atoms. The van der Waals surface area contributed by atoms with Gasteiger partial charge in [0.15, 0.2) is 35.9 Å². The van der Waals surface area contributed by atoms with Gasteiger partial charge >= 0.3 is 0 Å². The third kappa shape index (κ3) is 1.98. The molecule has 3 fully saturated rings. The molecular weight excluding hydrogens is 240 g/mol. The van der Waals surface area contributed by atoms with Crippen molar-refractivity contribution in [1.29, 1.82) is 0 Å². The lowest BCUT2D eigenvalue weighted by molar-refractivity contribution is -0.219. The second kappa shape index (κ2) is 3.74. The first-order chi connectivity index (χ1) is 8.27. The first-order valence-corrected chi connectivity index (χ1v) is 6.14. The zero-order chi connectivity index (χ0) is 13.1. The van der Waals surface area contributed by atoms with Gasteiger partial charge in [0.1, 0.15) is 6.10 Å². The molecule has 6 nitrogen and oxygen atoms in total. The lowest BCUT2D eigenvalue weighted by Gasteiger charge is -2.23. The molecule has 3 rings (SSSR count). The second-order valence-electron chi connectivity index (χ2n) is 5.75. The van der Waals surface area contributed by atoms with E-state index in [1.165, 1.54) is 0 Å². The van der Waals surface area contributed by atoms with Gasteiger partial charge in [0, 0.05) is 0 Å². The van der Waals surface area contributed by atoms with Gasteiger partial charge in [-0.15, -0.1) is 0 Å². The molecule has 0 aromatic rings. The lowest BCUT2D eigenvalue weighted by Crippen LogP contribution is -2.39. The molecule has 0 saturated carbocycles. The number of carbonyl (C=O) groups excluding carboxylic acids is 1. The van der Waals surface area contributed by atoms with Crippen LogP contribution >= 0.6 is 0 Å². The highest BCUT2D eigenvalue weighted by Gasteiger charge is 2.57. The maximum absolute atomic E-state index is 12.2. The molecule has 3 heterocycles. The van der Waals surface area contributed by atoms with Crippen molar-refractivity contribution in [2.24, 2.45) is 0 Å². The minimum absolute atomic E-state index is 0.128. The van der Waals surface area contributed by atoms with Gasteiger partial charge in [-0.05, 0) is 27.7 Å². The Labute approximate surface area is 105 Å². The molecule has 0 spiro atoms. The predicted octanol–water partition coefficient (Wildman–Crippen LogP) is 0.583. The van der Waals surface area contributed by atoms with Crippen molar-refractivity contribution in [3.05, 3.63) is 0 Å². The number of fused-ring (bicyclic) bond motifs is 1. The van der Waals surface area contributed by atoms with Crippen LogP contribution in [0.4, 0.5) is 0 Å². The van der Waals surface area contributed by atoms with Crippen LogP contribution in [0.1, 0.15) is 27.7 Å². The van der Waals surface area contributed by atoms with Gasteiger partial charge in [-0.2, -0.15) is 0 Å². The van der Waals surface area contributed by atoms with Crippen LogP contribution in [-0.2, 0) is 28.5 Å². The first kappa shape index (κ1) is 12.5. The summed E-state index contributed by atoms with van der Waals surface area (Å²) in [5.74, 6) is -1.58. The standard InChI is InChI=1S/C12H18O6/c1-11(2)14-5-6(16-11)8-7(13)9-10(15-8)18-12(3,4)17-9/h6,8-10H,5H2,1-4H3/t6-,8+,9-,10+/m1/s1. The van der Waals surface area contributed by atoms with Crippen LogP contribution in [0.15, 0.2) is 0 Å². The van der Waals surface area contributed by atoms with E-state index in [9.17, 15) is 4.79 Å². The summed E-state index contributed by atoms with van der Waals surface area (Å²) in [6.45, 7) is 7.48. The summed E-state index contributed by atoms with van der Waals surface area (Å²) in [6, 6.07) is 0. The van der Waals surface area contributed by atoms with E-state index in [-0.39, 0.29) is 5.78 Å². The van der Waals surface area contributed by atoms with Crippen LogP contribution in [-0.4, -0.2) is 48.6 Å². The topological polar surface area (TPSA) is 63.2 Å². The number of carbonyl (C=O) groups is 1. The average molecular weight is 258 g/mol. The van der Waals surface area contributed by atoms with Gasteiger partial charge in [0.25, 0.3) is 0 Å². The van der Waals surface area contributed by atoms with E-state index in [1.807, 2.05) is 13.8 Å². The number of ketones is 1. The third-order valence-electron chi connectivity index (χ3n) is 3.27. The Balaban J connectivity index is 1.70. The Kier molecular flexibility index (Phi) is 2.60. The smallest absolute Gasteiger partial charge is 0.198 e. The number of hydrogen-bond acceptors (Lipinski definition) is 6. The summed E-state index contributed by atoms with van der Waals surface area (Å²) >= 11 is 0. The van der Waals surface area contributed by atoms with Crippen molar-refractivity contribution in [3.63, 3.8) is 0 Å². The molecule has 3 saturated heterocycles. The Morgan fingerprint density at radius 2 is 1.72 bits per heavy atom. The summed E-state index contributed by atoms with van der Waals surface area (Å²) in [4.78, 5) is 12.2. The predicted molar refractivity (Wildman–Crippen MR) is 58.6 cm³/mol. The summed E-state index contributed by atoms with van der Waals surface area (Å²) in [7, 11) is 0. The molecule has 0 aromatic carbocycles. The van der Waals surface area contributed by atoms with Crippen LogP contribution in [0, 0.1) is 0 Å². The molecule has 3 aliphatic rings. The molecule has 0 N–H and O–H groups in total. The average Bonchev–Trinajstić information content (AvgIpc) is 2.81. The summed E-state index contributed by atoms with van der Waals surface area (Å²) in [6.07, 6.45) is -2.35. The van der Waals surface area contributed by atoms with Crippen molar-refractivity contribution >= 4 is 5.78 Å². The van der Waals surface area contributed by atoms with Crippen molar-refractivity contribution in [1.82, 2.24) is 0 Å². The van der Waals surface area contributed by atoms with E-state index < -0.39 is 36.2 Å². The molecule has 102 valence electrons. The van der Waals surface area contributed by atoms with Crippen molar-refractivity contribution < 1.29 is 28.5 Å². The largest absolute Gasteiger partial charge is 0.348 e. The Bertz CT molecular complexity index is 377. The molecule has 0 unspecified atom stereocenters. The molecular formula is C12H18O6.